The molecule has 0 spiro atoms. The van der Waals surface area contributed by atoms with Crippen LogP contribution in [-0.2, 0) is 7.05 Å². The summed E-state index contributed by atoms with van der Waals surface area (Å²) in [6, 6.07) is 1.81. The smallest absolute Gasteiger partial charge is 0.259 e. The molecule has 0 radical (unpaired) electrons. The first kappa shape index (κ1) is 13.9. The van der Waals surface area contributed by atoms with Crippen LogP contribution in [0.5, 0.6) is 0 Å². The van der Waals surface area contributed by atoms with Gasteiger partial charge in [-0.05, 0) is 25.8 Å². The zero-order chi connectivity index (χ0) is 16.0. The second kappa shape index (κ2) is 5.19. The van der Waals surface area contributed by atoms with Gasteiger partial charge in [0.25, 0.3) is 5.91 Å². The molecular weight excluding hydrogens is 292 g/mol. The molecule has 1 fully saturated rings. The van der Waals surface area contributed by atoms with Crippen LogP contribution in [0.25, 0.3) is 5.65 Å². The molecule has 23 heavy (non-hydrogen) atoms. The van der Waals surface area contributed by atoms with Crippen LogP contribution >= 0.6 is 0 Å². The zero-order valence-electron chi connectivity index (χ0n) is 13.2. The Morgan fingerprint density at radius 2 is 2.26 bits per heavy atom. The molecule has 1 saturated heterocycles. The summed E-state index contributed by atoms with van der Waals surface area (Å²) in [5.74, 6) is 0.916. The van der Waals surface area contributed by atoms with Gasteiger partial charge in [-0.15, -0.1) is 0 Å². The van der Waals surface area contributed by atoms with Gasteiger partial charge < -0.3 is 9.47 Å². The topological polar surface area (TPSA) is 68.3 Å². The fraction of sp³-hybridized carbons (Fsp3) is 0.375. The van der Waals surface area contributed by atoms with Gasteiger partial charge in [0.15, 0.2) is 5.65 Å². The molecule has 0 saturated carbocycles. The highest BCUT2D eigenvalue weighted by Crippen LogP contribution is 2.32. The summed E-state index contributed by atoms with van der Waals surface area (Å²) in [5, 5.41) is 4.22. The molecule has 4 heterocycles. The number of rotatable bonds is 2. The molecule has 1 atom stereocenters. The Bertz CT molecular complexity index is 880. The molecule has 1 amide bonds. The van der Waals surface area contributed by atoms with Gasteiger partial charge in [0.05, 0.1) is 17.9 Å². The monoisotopic (exact) mass is 310 g/mol. The second-order valence-corrected chi connectivity index (χ2v) is 5.95. The predicted octanol–water partition coefficient (Wildman–Crippen LogP) is 1.75. The molecule has 0 aliphatic carbocycles. The van der Waals surface area contributed by atoms with E-state index >= 15 is 0 Å². The normalized spacial score (nSPS) is 18.0. The maximum Gasteiger partial charge on any atom is 0.259 e. The van der Waals surface area contributed by atoms with Crippen LogP contribution in [0.2, 0.25) is 0 Å². The van der Waals surface area contributed by atoms with Gasteiger partial charge in [-0.3, -0.25) is 4.79 Å². The van der Waals surface area contributed by atoms with E-state index in [2.05, 4.69) is 15.1 Å². The fourth-order valence-corrected chi connectivity index (χ4v) is 3.36. The summed E-state index contributed by atoms with van der Waals surface area (Å²) in [7, 11) is 1.98. The van der Waals surface area contributed by atoms with Crippen molar-refractivity contribution in [2.24, 2.45) is 7.05 Å². The van der Waals surface area contributed by atoms with Crippen molar-refractivity contribution in [1.82, 2.24) is 29.0 Å². The van der Waals surface area contributed by atoms with Crippen LogP contribution in [0, 0.1) is 6.92 Å². The van der Waals surface area contributed by atoms with Crippen molar-refractivity contribution in [3.8, 4) is 0 Å². The summed E-state index contributed by atoms with van der Waals surface area (Å²) < 4.78 is 3.64. The van der Waals surface area contributed by atoms with Crippen molar-refractivity contribution < 1.29 is 4.79 Å². The Balaban J connectivity index is 1.71. The standard InChI is InChI=1S/C16H18N6O/c1-11-10-20(2)15(19-11)13-5-3-7-21(13)16(23)12-9-18-22-8-4-6-17-14(12)22/h4,6,8-10,13H,3,5,7H2,1-2H3/t13-/m0/s1. The van der Waals surface area contributed by atoms with E-state index in [0.717, 1.165) is 30.9 Å². The molecule has 0 N–H and O–H groups in total. The maximum absolute atomic E-state index is 13.0. The average molecular weight is 310 g/mol. The van der Waals surface area contributed by atoms with E-state index < -0.39 is 0 Å². The number of carbonyl (C=O) groups is 1. The molecule has 3 aromatic heterocycles. The number of amides is 1. The highest BCUT2D eigenvalue weighted by molar-refractivity contribution is 5.99. The molecule has 3 aromatic rings. The number of aryl methyl sites for hydroxylation is 2. The van der Waals surface area contributed by atoms with E-state index in [-0.39, 0.29) is 11.9 Å². The number of aromatic nitrogens is 5. The van der Waals surface area contributed by atoms with Crippen LogP contribution in [0.15, 0.2) is 30.9 Å². The van der Waals surface area contributed by atoms with E-state index in [4.69, 9.17) is 0 Å². The van der Waals surface area contributed by atoms with Crippen molar-refractivity contribution in [3.05, 3.63) is 47.9 Å². The number of hydrogen-bond donors (Lipinski definition) is 0. The summed E-state index contributed by atoms with van der Waals surface area (Å²) >= 11 is 0. The largest absolute Gasteiger partial charge is 0.336 e. The number of fused-ring (bicyclic) bond motifs is 1. The fourth-order valence-electron chi connectivity index (χ4n) is 3.36. The molecule has 0 unspecified atom stereocenters. The SMILES string of the molecule is Cc1cn(C)c([C@@H]2CCCN2C(=O)c2cnn3cccnc23)n1. The summed E-state index contributed by atoms with van der Waals surface area (Å²) in [6.07, 6.45) is 8.98. The number of likely N-dealkylation sites (tertiary alicyclic amines) is 1. The molecule has 7 nitrogen and oxygen atoms in total. The first-order valence-corrected chi connectivity index (χ1v) is 7.74. The lowest BCUT2D eigenvalue weighted by atomic mass is 10.2. The minimum absolute atomic E-state index is 0.0138. The van der Waals surface area contributed by atoms with Crippen LogP contribution in [0.1, 0.15) is 40.8 Å². The van der Waals surface area contributed by atoms with Gasteiger partial charge in [-0.25, -0.2) is 14.5 Å². The molecular formula is C16H18N6O. The highest BCUT2D eigenvalue weighted by atomic mass is 16.2. The number of nitrogens with zero attached hydrogens (tertiary/aromatic N) is 6. The third-order valence-corrected chi connectivity index (χ3v) is 4.35. The summed E-state index contributed by atoms with van der Waals surface area (Å²) in [5.41, 5.74) is 2.11. The van der Waals surface area contributed by atoms with Crippen molar-refractivity contribution in [1.29, 1.82) is 0 Å². The average Bonchev–Trinajstić information content (AvgIpc) is 3.24. The van der Waals surface area contributed by atoms with Gasteiger partial charge in [0.2, 0.25) is 0 Å². The third-order valence-electron chi connectivity index (χ3n) is 4.35. The Hall–Kier alpha value is -2.70. The minimum atomic E-state index is -0.0261. The van der Waals surface area contributed by atoms with Crippen molar-refractivity contribution >= 4 is 11.6 Å². The Morgan fingerprint density at radius 1 is 1.39 bits per heavy atom. The number of carbonyl (C=O) groups excluding carboxylic acids is 1. The number of imidazole rings is 1. The van der Waals surface area contributed by atoms with Crippen molar-refractivity contribution in [2.75, 3.05) is 6.54 Å². The van der Waals surface area contributed by atoms with E-state index in [9.17, 15) is 4.79 Å². The third kappa shape index (κ3) is 2.19. The molecule has 4 rings (SSSR count). The van der Waals surface area contributed by atoms with E-state index in [1.165, 1.54) is 0 Å². The lowest BCUT2D eigenvalue weighted by Gasteiger charge is -2.23. The first-order chi connectivity index (χ1) is 11.1. The highest BCUT2D eigenvalue weighted by Gasteiger charge is 2.34. The quantitative estimate of drug-likeness (QED) is 0.723. The van der Waals surface area contributed by atoms with Gasteiger partial charge in [-0.1, -0.05) is 0 Å². The molecule has 0 aromatic carbocycles. The molecule has 0 bridgehead atoms. The van der Waals surface area contributed by atoms with E-state index in [1.54, 1.807) is 29.2 Å². The van der Waals surface area contributed by atoms with Gasteiger partial charge in [0, 0.05) is 32.2 Å². The Kier molecular flexibility index (Phi) is 3.14. The Labute approximate surface area is 133 Å². The first-order valence-electron chi connectivity index (χ1n) is 7.74. The van der Waals surface area contributed by atoms with Crippen molar-refractivity contribution in [2.45, 2.75) is 25.8 Å². The van der Waals surface area contributed by atoms with Crippen molar-refractivity contribution in [3.63, 3.8) is 0 Å². The maximum atomic E-state index is 13.0. The lowest BCUT2D eigenvalue weighted by molar-refractivity contribution is 0.0730. The van der Waals surface area contributed by atoms with Crippen LogP contribution in [0.4, 0.5) is 0 Å². The predicted molar refractivity (Wildman–Crippen MR) is 83.9 cm³/mol. The molecule has 118 valence electrons. The minimum Gasteiger partial charge on any atom is -0.336 e. The van der Waals surface area contributed by atoms with Gasteiger partial charge >= 0.3 is 0 Å². The molecule has 7 heteroatoms. The Morgan fingerprint density at radius 3 is 3.04 bits per heavy atom. The van der Waals surface area contributed by atoms with Crippen LogP contribution in [0.3, 0.4) is 0 Å². The number of hydrogen-bond acceptors (Lipinski definition) is 4. The lowest BCUT2D eigenvalue weighted by Crippen LogP contribution is -2.31. The van der Waals surface area contributed by atoms with Gasteiger partial charge in [0.1, 0.15) is 11.4 Å². The molecule has 1 aliphatic heterocycles. The second-order valence-electron chi connectivity index (χ2n) is 5.95. The van der Waals surface area contributed by atoms with Gasteiger partial charge in [-0.2, -0.15) is 5.10 Å². The zero-order valence-corrected chi connectivity index (χ0v) is 13.2. The van der Waals surface area contributed by atoms with E-state index in [1.807, 2.05) is 29.6 Å². The summed E-state index contributed by atoms with van der Waals surface area (Å²) in [4.78, 5) is 23.8. The van der Waals surface area contributed by atoms with E-state index in [0.29, 0.717) is 11.2 Å². The summed E-state index contributed by atoms with van der Waals surface area (Å²) in [6.45, 7) is 2.71. The van der Waals surface area contributed by atoms with Crippen LogP contribution in [-0.4, -0.2) is 41.5 Å². The van der Waals surface area contributed by atoms with Crippen LogP contribution < -0.4 is 0 Å². The molecule has 1 aliphatic rings.